The molecule has 1 aromatic carbocycles. The predicted octanol–water partition coefficient (Wildman–Crippen LogP) is 1.59. The van der Waals surface area contributed by atoms with E-state index in [-0.39, 0.29) is 10.8 Å². The van der Waals surface area contributed by atoms with E-state index in [1.165, 1.54) is 23.5 Å². The standard InChI is InChI=1S/C18H26N2O5S/c1-14-4-3-7-19(13-14)18(21)16-12-15(5-6-17(16)24-2)26(22,23)20-8-10-25-11-9-20/h5-6,12,14H,3-4,7-11,13H2,1-2H3. The number of sulfonamides is 1. The topological polar surface area (TPSA) is 76.1 Å². The number of benzene rings is 1. The largest absolute Gasteiger partial charge is 0.496 e. The number of amides is 1. The molecule has 0 radical (unpaired) electrons. The smallest absolute Gasteiger partial charge is 0.257 e. The Morgan fingerprint density at radius 3 is 2.62 bits per heavy atom. The van der Waals surface area contributed by atoms with E-state index in [4.69, 9.17) is 9.47 Å². The average Bonchev–Trinajstić information content (AvgIpc) is 2.67. The highest BCUT2D eigenvalue weighted by Crippen LogP contribution is 2.28. The first-order valence-electron chi connectivity index (χ1n) is 8.98. The van der Waals surface area contributed by atoms with Gasteiger partial charge in [-0.05, 0) is 37.0 Å². The lowest BCUT2D eigenvalue weighted by Crippen LogP contribution is -2.41. The van der Waals surface area contributed by atoms with Gasteiger partial charge in [-0.2, -0.15) is 4.31 Å². The van der Waals surface area contributed by atoms with Crippen LogP contribution in [-0.4, -0.2) is 70.0 Å². The van der Waals surface area contributed by atoms with Gasteiger partial charge in [0, 0.05) is 26.2 Å². The van der Waals surface area contributed by atoms with Crippen LogP contribution < -0.4 is 4.74 Å². The predicted molar refractivity (Wildman–Crippen MR) is 96.9 cm³/mol. The fraction of sp³-hybridized carbons (Fsp3) is 0.611. The second kappa shape index (κ2) is 7.94. The van der Waals surface area contributed by atoms with Crippen molar-refractivity contribution in [2.75, 3.05) is 46.5 Å². The van der Waals surface area contributed by atoms with Gasteiger partial charge in [-0.15, -0.1) is 0 Å². The minimum Gasteiger partial charge on any atom is -0.496 e. The Morgan fingerprint density at radius 1 is 1.23 bits per heavy atom. The first-order chi connectivity index (χ1) is 12.4. The Labute approximate surface area is 154 Å². The van der Waals surface area contributed by atoms with E-state index >= 15 is 0 Å². The molecule has 2 saturated heterocycles. The summed E-state index contributed by atoms with van der Waals surface area (Å²) in [5, 5.41) is 0. The van der Waals surface area contributed by atoms with Crippen LogP contribution in [0, 0.1) is 5.92 Å². The van der Waals surface area contributed by atoms with Crippen molar-refractivity contribution < 1.29 is 22.7 Å². The molecule has 0 N–H and O–H groups in total. The zero-order valence-corrected chi connectivity index (χ0v) is 16.1. The molecule has 0 aromatic heterocycles. The van der Waals surface area contributed by atoms with Crippen molar-refractivity contribution in [1.82, 2.24) is 9.21 Å². The number of methoxy groups -OCH3 is 1. The molecule has 0 saturated carbocycles. The summed E-state index contributed by atoms with van der Waals surface area (Å²) in [6, 6.07) is 4.51. The monoisotopic (exact) mass is 382 g/mol. The van der Waals surface area contributed by atoms with Gasteiger partial charge in [0.25, 0.3) is 5.91 Å². The van der Waals surface area contributed by atoms with Crippen LogP contribution in [0.2, 0.25) is 0 Å². The van der Waals surface area contributed by atoms with E-state index in [0.717, 1.165) is 12.8 Å². The molecular weight excluding hydrogens is 356 g/mol. The molecule has 0 bridgehead atoms. The van der Waals surface area contributed by atoms with Crippen LogP contribution in [0.5, 0.6) is 5.75 Å². The Hall–Kier alpha value is -1.64. The number of hydrogen-bond donors (Lipinski definition) is 0. The van der Waals surface area contributed by atoms with Gasteiger partial charge in [-0.1, -0.05) is 6.92 Å². The lowest BCUT2D eigenvalue weighted by molar-refractivity contribution is 0.0679. The number of piperidine rings is 1. The minimum atomic E-state index is -3.66. The summed E-state index contributed by atoms with van der Waals surface area (Å²) in [4.78, 5) is 14.9. The average molecular weight is 382 g/mol. The van der Waals surface area contributed by atoms with Crippen molar-refractivity contribution >= 4 is 15.9 Å². The summed E-state index contributed by atoms with van der Waals surface area (Å²) in [6.07, 6.45) is 2.06. The second-order valence-corrected chi connectivity index (χ2v) is 8.82. The normalized spacial score (nSPS) is 22.2. The number of morpholine rings is 1. The molecule has 1 atom stereocenters. The van der Waals surface area contributed by atoms with Gasteiger partial charge < -0.3 is 14.4 Å². The summed E-state index contributed by atoms with van der Waals surface area (Å²) < 4.78 is 37.7. The number of hydrogen-bond acceptors (Lipinski definition) is 5. The quantitative estimate of drug-likeness (QED) is 0.790. The molecule has 2 aliphatic rings. The summed E-state index contributed by atoms with van der Waals surface area (Å²) >= 11 is 0. The maximum atomic E-state index is 13.0. The van der Waals surface area contributed by atoms with Crippen molar-refractivity contribution in [3.63, 3.8) is 0 Å². The fourth-order valence-corrected chi connectivity index (χ4v) is 4.93. The van der Waals surface area contributed by atoms with Crippen molar-refractivity contribution in [2.24, 2.45) is 5.92 Å². The van der Waals surface area contributed by atoms with Crippen LogP contribution >= 0.6 is 0 Å². The van der Waals surface area contributed by atoms with E-state index in [1.54, 1.807) is 11.0 Å². The summed E-state index contributed by atoms with van der Waals surface area (Å²) in [5.74, 6) is 0.667. The van der Waals surface area contributed by atoms with E-state index < -0.39 is 10.0 Å². The van der Waals surface area contributed by atoms with Crippen molar-refractivity contribution in [1.29, 1.82) is 0 Å². The van der Waals surface area contributed by atoms with Crippen molar-refractivity contribution in [3.05, 3.63) is 23.8 Å². The van der Waals surface area contributed by atoms with Crippen molar-refractivity contribution in [2.45, 2.75) is 24.7 Å². The van der Waals surface area contributed by atoms with Gasteiger partial charge in [0.05, 0.1) is 30.8 Å². The van der Waals surface area contributed by atoms with Crippen LogP contribution in [0.25, 0.3) is 0 Å². The third-order valence-electron chi connectivity index (χ3n) is 4.95. The van der Waals surface area contributed by atoms with Gasteiger partial charge in [0.2, 0.25) is 10.0 Å². The van der Waals surface area contributed by atoms with Crippen LogP contribution in [0.1, 0.15) is 30.1 Å². The molecule has 1 amide bonds. The summed E-state index contributed by atoms with van der Waals surface area (Å²) in [5.41, 5.74) is 0.302. The van der Waals surface area contributed by atoms with Gasteiger partial charge in [0.1, 0.15) is 5.75 Å². The molecule has 0 aliphatic carbocycles. The third-order valence-corrected chi connectivity index (χ3v) is 6.85. The summed E-state index contributed by atoms with van der Waals surface area (Å²) in [7, 11) is -2.17. The molecular formula is C18H26N2O5S. The maximum Gasteiger partial charge on any atom is 0.257 e. The number of ether oxygens (including phenoxy) is 2. The van der Waals surface area contributed by atoms with E-state index in [2.05, 4.69) is 6.92 Å². The maximum absolute atomic E-state index is 13.0. The van der Waals surface area contributed by atoms with Crippen molar-refractivity contribution in [3.8, 4) is 5.75 Å². The Morgan fingerprint density at radius 2 is 1.96 bits per heavy atom. The first kappa shape index (κ1) is 19.1. The third kappa shape index (κ3) is 3.87. The molecule has 26 heavy (non-hydrogen) atoms. The number of carbonyl (C=O) groups excluding carboxylic acids is 1. The van der Waals surface area contributed by atoms with Crippen LogP contribution in [0.3, 0.4) is 0 Å². The minimum absolute atomic E-state index is 0.119. The fourth-order valence-electron chi connectivity index (χ4n) is 3.49. The van der Waals surface area contributed by atoms with E-state index in [9.17, 15) is 13.2 Å². The Kier molecular flexibility index (Phi) is 5.84. The number of rotatable bonds is 4. The molecule has 2 heterocycles. The van der Waals surface area contributed by atoms with Gasteiger partial charge in [0.15, 0.2) is 0 Å². The molecule has 0 spiro atoms. The molecule has 7 nitrogen and oxygen atoms in total. The molecule has 144 valence electrons. The van der Waals surface area contributed by atoms with Crippen LogP contribution in [0.15, 0.2) is 23.1 Å². The molecule has 1 aromatic rings. The summed E-state index contributed by atoms with van der Waals surface area (Å²) in [6.45, 7) is 4.90. The molecule has 8 heteroatoms. The number of carbonyl (C=O) groups is 1. The lowest BCUT2D eigenvalue weighted by Gasteiger charge is -2.31. The van der Waals surface area contributed by atoms with E-state index in [0.29, 0.717) is 56.6 Å². The highest BCUT2D eigenvalue weighted by Gasteiger charge is 2.30. The van der Waals surface area contributed by atoms with Crippen LogP contribution in [0.4, 0.5) is 0 Å². The van der Waals surface area contributed by atoms with Gasteiger partial charge in [-0.3, -0.25) is 4.79 Å². The second-order valence-electron chi connectivity index (χ2n) is 6.88. The van der Waals surface area contributed by atoms with Gasteiger partial charge >= 0.3 is 0 Å². The Balaban J connectivity index is 1.92. The van der Waals surface area contributed by atoms with Gasteiger partial charge in [-0.25, -0.2) is 8.42 Å². The lowest BCUT2D eigenvalue weighted by atomic mass is 9.99. The van der Waals surface area contributed by atoms with Crippen LogP contribution in [-0.2, 0) is 14.8 Å². The zero-order chi connectivity index (χ0) is 18.7. The molecule has 2 fully saturated rings. The molecule has 1 unspecified atom stereocenters. The zero-order valence-electron chi connectivity index (χ0n) is 15.3. The Bertz CT molecular complexity index is 759. The molecule has 3 rings (SSSR count). The highest BCUT2D eigenvalue weighted by molar-refractivity contribution is 7.89. The van der Waals surface area contributed by atoms with E-state index in [1.807, 2.05) is 0 Å². The SMILES string of the molecule is COc1ccc(S(=O)(=O)N2CCOCC2)cc1C(=O)N1CCCC(C)C1. The highest BCUT2D eigenvalue weighted by atomic mass is 32.2. The first-order valence-corrected chi connectivity index (χ1v) is 10.4. The number of nitrogens with zero attached hydrogens (tertiary/aromatic N) is 2. The number of likely N-dealkylation sites (tertiary alicyclic amines) is 1. The molecule has 2 aliphatic heterocycles.